The first-order chi connectivity index (χ1) is 8.56. The number of ether oxygens (including phenoxy) is 2. The zero-order chi connectivity index (χ0) is 12.8. The molecule has 5 heteroatoms. The Morgan fingerprint density at radius 1 is 1.17 bits per heavy atom. The van der Waals surface area contributed by atoms with Gasteiger partial charge in [0.25, 0.3) is 0 Å². The average Bonchev–Trinajstić information content (AvgIpc) is 2.76. The van der Waals surface area contributed by atoms with E-state index < -0.39 is 17.2 Å². The molecule has 0 amide bonds. The van der Waals surface area contributed by atoms with Crippen molar-refractivity contribution in [2.45, 2.75) is 24.0 Å². The van der Waals surface area contributed by atoms with Crippen LogP contribution in [0, 0.1) is 5.82 Å². The summed E-state index contributed by atoms with van der Waals surface area (Å²) in [5, 5.41) is 9.45. The number of hydrogen-bond acceptors (Lipinski definition) is 3. The third kappa shape index (κ3) is 1.54. The normalized spacial score (nSPS) is 23.8. The first-order valence-electron chi connectivity index (χ1n) is 5.84. The highest BCUT2D eigenvalue weighted by molar-refractivity contribution is 5.83. The molecule has 2 aliphatic rings. The summed E-state index contributed by atoms with van der Waals surface area (Å²) in [5.74, 6) is -2.03. The van der Waals surface area contributed by atoms with Crippen LogP contribution in [-0.4, -0.2) is 30.1 Å². The summed E-state index contributed by atoms with van der Waals surface area (Å²) in [6, 6.07) is 5.60. The Labute approximate surface area is 103 Å². The fourth-order valence-corrected chi connectivity index (χ4v) is 2.82. The molecule has 1 aromatic carbocycles. The van der Waals surface area contributed by atoms with Crippen LogP contribution in [0.15, 0.2) is 24.3 Å². The second kappa shape index (κ2) is 3.76. The summed E-state index contributed by atoms with van der Waals surface area (Å²) in [6.45, 7) is 0.998. The van der Waals surface area contributed by atoms with Gasteiger partial charge >= 0.3 is 5.97 Å². The van der Waals surface area contributed by atoms with Gasteiger partial charge in [0.05, 0.1) is 13.2 Å². The number of aliphatic carboxylic acids is 1. The molecule has 1 heterocycles. The maximum atomic E-state index is 12.9. The van der Waals surface area contributed by atoms with Gasteiger partial charge in [-0.3, -0.25) is 4.79 Å². The van der Waals surface area contributed by atoms with Crippen molar-refractivity contribution in [1.29, 1.82) is 0 Å². The van der Waals surface area contributed by atoms with Crippen molar-refractivity contribution in [1.82, 2.24) is 0 Å². The molecular formula is C13H13FO4. The topological polar surface area (TPSA) is 55.8 Å². The van der Waals surface area contributed by atoms with E-state index >= 15 is 0 Å². The second-order valence-electron chi connectivity index (χ2n) is 4.86. The summed E-state index contributed by atoms with van der Waals surface area (Å²) >= 11 is 0. The van der Waals surface area contributed by atoms with Crippen LogP contribution < -0.4 is 0 Å². The fourth-order valence-electron chi connectivity index (χ4n) is 2.82. The molecule has 0 bridgehead atoms. The lowest BCUT2D eigenvalue weighted by Gasteiger charge is -2.50. The molecule has 0 unspecified atom stereocenters. The zero-order valence-corrected chi connectivity index (χ0v) is 9.69. The summed E-state index contributed by atoms with van der Waals surface area (Å²) in [6.07, 6.45) is 0.557. The lowest BCUT2D eigenvalue weighted by molar-refractivity contribution is -0.243. The van der Waals surface area contributed by atoms with E-state index in [0.29, 0.717) is 18.8 Å². The van der Waals surface area contributed by atoms with Crippen LogP contribution in [0.3, 0.4) is 0 Å². The molecule has 0 radical (unpaired) electrons. The molecule has 1 aliphatic carbocycles. The minimum atomic E-state index is -1.02. The Hall–Kier alpha value is -1.46. The number of benzene rings is 1. The van der Waals surface area contributed by atoms with Gasteiger partial charge in [0, 0.05) is 12.8 Å². The van der Waals surface area contributed by atoms with E-state index in [4.69, 9.17) is 9.47 Å². The van der Waals surface area contributed by atoms with E-state index in [1.54, 1.807) is 0 Å². The van der Waals surface area contributed by atoms with Crippen molar-refractivity contribution in [2.24, 2.45) is 0 Å². The minimum absolute atomic E-state index is 0.279. The molecule has 1 N–H and O–H groups in total. The first kappa shape index (κ1) is 11.6. The van der Waals surface area contributed by atoms with Crippen molar-refractivity contribution >= 4 is 5.97 Å². The molecule has 0 atom stereocenters. The summed E-state index contributed by atoms with van der Waals surface area (Å²) < 4.78 is 23.8. The number of rotatable bonds is 2. The molecule has 1 saturated heterocycles. The summed E-state index contributed by atoms with van der Waals surface area (Å²) in [4.78, 5) is 11.5. The van der Waals surface area contributed by atoms with Gasteiger partial charge in [-0.2, -0.15) is 0 Å². The SMILES string of the molecule is O=C(O)C1(c2ccc(F)cc2)CC2(C1)OCCO2. The van der Waals surface area contributed by atoms with Crippen LogP contribution >= 0.6 is 0 Å². The molecule has 2 fully saturated rings. The molecule has 4 nitrogen and oxygen atoms in total. The molecule has 1 saturated carbocycles. The number of carboxylic acid groups (broad SMARTS) is 1. The second-order valence-corrected chi connectivity index (χ2v) is 4.86. The van der Waals surface area contributed by atoms with E-state index in [1.807, 2.05) is 0 Å². The Kier molecular flexibility index (Phi) is 2.43. The number of halogens is 1. The van der Waals surface area contributed by atoms with Crippen molar-refractivity contribution in [3.05, 3.63) is 35.6 Å². The van der Waals surface area contributed by atoms with Crippen LogP contribution in [0.25, 0.3) is 0 Å². The predicted molar refractivity (Wildman–Crippen MR) is 59.6 cm³/mol. The Bertz CT molecular complexity index is 468. The largest absolute Gasteiger partial charge is 0.481 e. The van der Waals surface area contributed by atoms with Crippen molar-refractivity contribution in [2.75, 3.05) is 13.2 Å². The molecule has 0 aromatic heterocycles. The molecule has 1 aromatic rings. The van der Waals surface area contributed by atoms with Gasteiger partial charge in [-0.25, -0.2) is 4.39 Å². The Morgan fingerprint density at radius 3 is 2.22 bits per heavy atom. The van der Waals surface area contributed by atoms with Crippen LogP contribution in [-0.2, 0) is 19.7 Å². The third-order valence-corrected chi connectivity index (χ3v) is 3.76. The molecule has 1 aliphatic heterocycles. The lowest BCUT2D eigenvalue weighted by atomic mass is 9.60. The van der Waals surface area contributed by atoms with E-state index in [1.165, 1.54) is 24.3 Å². The van der Waals surface area contributed by atoms with E-state index in [0.717, 1.165) is 0 Å². The molecular weight excluding hydrogens is 239 g/mol. The molecule has 96 valence electrons. The number of hydrogen-bond donors (Lipinski definition) is 1. The fraction of sp³-hybridized carbons (Fsp3) is 0.462. The Morgan fingerprint density at radius 2 is 1.72 bits per heavy atom. The summed E-state index contributed by atoms with van der Waals surface area (Å²) in [5.41, 5.74) is -0.418. The highest BCUT2D eigenvalue weighted by Crippen LogP contribution is 2.54. The van der Waals surface area contributed by atoms with Crippen LogP contribution in [0.1, 0.15) is 18.4 Å². The maximum Gasteiger partial charge on any atom is 0.314 e. The highest BCUT2D eigenvalue weighted by atomic mass is 19.1. The quantitative estimate of drug-likeness (QED) is 0.870. The summed E-state index contributed by atoms with van der Waals surface area (Å²) in [7, 11) is 0. The van der Waals surface area contributed by atoms with E-state index in [-0.39, 0.29) is 18.7 Å². The first-order valence-corrected chi connectivity index (χ1v) is 5.84. The highest BCUT2D eigenvalue weighted by Gasteiger charge is 2.63. The van der Waals surface area contributed by atoms with Crippen LogP contribution in [0.2, 0.25) is 0 Å². The van der Waals surface area contributed by atoms with Crippen molar-refractivity contribution in [3.8, 4) is 0 Å². The van der Waals surface area contributed by atoms with Gasteiger partial charge in [0.15, 0.2) is 5.79 Å². The molecule has 1 spiro atoms. The Balaban J connectivity index is 1.90. The van der Waals surface area contributed by atoms with Gasteiger partial charge in [-0.15, -0.1) is 0 Å². The number of carboxylic acids is 1. The number of carbonyl (C=O) groups is 1. The zero-order valence-electron chi connectivity index (χ0n) is 9.69. The monoisotopic (exact) mass is 252 g/mol. The molecule has 3 rings (SSSR count). The minimum Gasteiger partial charge on any atom is -0.481 e. The average molecular weight is 252 g/mol. The van der Waals surface area contributed by atoms with Crippen LogP contribution in [0.4, 0.5) is 4.39 Å². The third-order valence-electron chi connectivity index (χ3n) is 3.76. The van der Waals surface area contributed by atoms with Crippen molar-refractivity contribution in [3.63, 3.8) is 0 Å². The smallest absolute Gasteiger partial charge is 0.314 e. The van der Waals surface area contributed by atoms with Gasteiger partial charge < -0.3 is 14.6 Å². The standard InChI is InChI=1S/C13H13FO4/c14-10-3-1-9(2-4-10)12(11(15)16)7-13(8-12)17-5-6-18-13/h1-4H,5-8H2,(H,15,16). The van der Waals surface area contributed by atoms with Gasteiger partial charge in [0.2, 0.25) is 0 Å². The van der Waals surface area contributed by atoms with Crippen LogP contribution in [0.5, 0.6) is 0 Å². The van der Waals surface area contributed by atoms with Crippen molar-refractivity contribution < 1.29 is 23.8 Å². The van der Waals surface area contributed by atoms with E-state index in [9.17, 15) is 14.3 Å². The lowest BCUT2D eigenvalue weighted by Crippen LogP contribution is -2.59. The van der Waals surface area contributed by atoms with Gasteiger partial charge in [-0.05, 0) is 17.7 Å². The maximum absolute atomic E-state index is 12.9. The van der Waals surface area contributed by atoms with Gasteiger partial charge in [-0.1, -0.05) is 12.1 Å². The van der Waals surface area contributed by atoms with Gasteiger partial charge in [0.1, 0.15) is 11.2 Å². The predicted octanol–water partition coefficient (Wildman–Crippen LogP) is 1.69. The van der Waals surface area contributed by atoms with E-state index in [2.05, 4.69) is 0 Å². The molecule has 18 heavy (non-hydrogen) atoms.